The largest absolute Gasteiger partial charge is 0.306 e. The second-order valence-electron chi connectivity index (χ2n) is 4.73. The molecule has 0 spiro atoms. The van der Waals surface area contributed by atoms with Crippen LogP contribution in [-0.4, -0.2) is 33.7 Å². The summed E-state index contributed by atoms with van der Waals surface area (Å²) in [5, 5.41) is 14.0. The molecule has 1 aliphatic heterocycles. The first kappa shape index (κ1) is 13.9. The van der Waals surface area contributed by atoms with Gasteiger partial charge in [0.25, 0.3) is 0 Å². The Labute approximate surface area is 113 Å². The quantitative estimate of drug-likeness (QED) is 0.849. The Morgan fingerprint density at radius 2 is 2.05 bits per heavy atom. The zero-order valence-electron chi connectivity index (χ0n) is 11.6. The molecule has 0 aromatic carbocycles. The molecule has 1 aromatic heterocycles. The van der Waals surface area contributed by atoms with Gasteiger partial charge in [-0.25, -0.2) is 4.98 Å². The summed E-state index contributed by atoms with van der Waals surface area (Å²) in [6, 6.07) is -0.131. The van der Waals surface area contributed by atoms with Gasteiger partial charge in [0.1, 0.15) is 0 Å². The van der Waals surface area contributed by atoms with Gasteiger partial charge in [0.05, 0.1) is 17.4 Å². The van der Waals surface area contributed by atoms with Crippen LogP contribution in [0.2, 0.25) is 0 Å². The predicted molar refractivity (Wildman–Crippen MR) is 72.9 cm³/mol. The lowest BCUT2D eigenvalue weighted by Gasteiger charge is -2.22. The summed E-state index contributed by atoms with van der Waals surface area (Å²) < 4.78 is 0. The summed E-state index contributed by atoms with van der Waals surface area (Å²) in [6.07, 6.45) is 4.68. The van der Waals surface area contributed by atoms with E-state index in [1.54, 1.807) is 0 Å². The summed E-state index contributed by atoms with van der Waals surface area (Å²) in [5.41, 5.74) is 1.81. The van der Waals surface area contributed by atoms with Crippen molar-refractivity contribution in [2.45, 2.75) is 52.0 Å². The van der Waals surface area contributed by atoms with Crippen LogP contribution in [0.15, 0.2) is 0 Å². The Bertz CT molecular complexity index is 443. The highest BCUT2D eigenvalue weighted by Crippen LogP contribution is 2.10. The summed E-state index contributed by atoms with van der Waals surface area (Å²) >= 11 is 0. The summed E-state index contributed by atoms with van der Waals surface area (Å²) in [7, 11) is 0. The SMILES string of the molecule is CCc1nnc(NC(=O)[C@@H]2CCCCN2)nc1CC. The van der Waals surface area contributed by atoms with E-state index in [4.69, 9.17) is 0 Å². The van der Waals surface area contributed by atoms with E-state index in [1.807, 2.05) is 13.8 Å². The van der Waals surface area contributed by atoms with Crippen molar-refractivity contribution in [1.29, 1.82) is 0 Å². The van der Waals surface area contributed by atoms with E-state index in [0.29, 0.717) is 5.95 Å². The van der Waals surface area contributed by atoms with Gasteiger partial charge in [-0.15, -0.1) is 10.2 Å². The topological polar surface area (TPSA) is 79.8 Å². The molecule has 1 amide bonds. The average Bonchev–Trinajstić information content (AvgIpc) is 2.48. The molecule has 0 saturated carbocycles. The molecule has 1 saturated heterocycles. The molecule has 1 atom stereocenters. The fourth-order valence-corrected chi connectivity index (χ4v) is 2.26. The highest BCUT2D eigenvalue weighted by atomic mass is 16.2. The van der Waals surface area contributed by atoms with Gasteiger partial charge in [0.2, 0.25) is 11.9 Å². The molecule has 19 heavy (non-hydrogen) atoms. The second kappa shape index (κ2) is 6.56. The van der Waals surface area contributed by atoms with Crippen LogP contribution in [0.25, 0.3) is 0 Å². The van der Waals surface area contributed by atoms with Gasteiger partial charge in [-0.3, -0.25) is 10.1 Å². The molecule has 0 aliphatic carbocycles. The number of hydrogen-bond donors (Lipinski definition) is 2. The number of aryl methyl sites for hydroxylation is 2. The Balaban J connectivity index is 2.03. The van der Waals surface area contributed by atoms with Crippen LogP contribution in [0, 0.1) is 0 Å². The van der Waals surface area contributed by atoms with E-state index >= 15 is 0 Å². The van der Waals surface area contributed by atoms with Gasteiger partial charge in [0.15, 0.2) is 0 Å². The van der Waals surface area contributed by atoms with Crippen molar-refractivity contribution in [1.82, 2.24) is 20.5 Å². The van der Waals surface area contributed by atoms with Crippen LogP contribution in [-0.2, 0) is 17.6 Å². The number of rotatable bonds is 4. The molecule has 104 valence electrons. The van der Waals surface area contributed by atoms with Crippen LogP contribution in [0.4, 0.5) is 5.95 Å². The molecule has 2 N–H and O–H groups in total. The van der Waals surface area contributed by atoms with E-state index in [2.05, 4.69) is 25.8 Å². The van der Waals surface area contributed by atoms with E-state index in [9.17, 15) is 4.79 Å². The highest BCUT2D eigenvalue weighted by Gasteiger charge is 2.21. The Morgan fingerprint density at radius 1 is 1.26 bits per heavy atom. The summed E-state index contributed by atoms with van der Waals surface area (Å²) in [4.78, 5) is 16.4. The lowest BCUT2D eigenvalue weighted by molar-refractivity contribution is -0.118. The Morgan fingerprint density at radius 3 is 2.68 bits per heavy atom. The molecule has 0 radical (unpaired) electrons. The molecule has 1 fully saturated rings. The van der Waals surface area contributed by atoms with Gasteiger partial charge >= 0.3 is 0 Å². The fraction of sp³-hybridized carbons (Fsp3) is 0.692. The van der Waals surface area contributed by atoms with Crippen molar-refractivity contribution in [2.24, 2.45) is 0 Å². The summed E-state index contributed by atoms with van der Waals surface area (Å²) in [6.45, 7) is 4.94. The van der Waals surface area contributed by atoms with Crippen LogP contribution in [0.3, 0.4) is 0 Å². The van der Waals surface area contributed by atoms with E-state index in [0.717, 1.165) is 50.0 Å². The van der Waals surface area contributed by atoms with Crippen molar-refractivity contribution >= 4 is 11.9 Å². The smallest absolute Gasteiger partial charge is 0.249 e. The molecule has 6 nitrogen and oxygen atoms in total. The van der Waals surface area contributed by atoms with Gasteiger partial charge in [0, 0.05) is 0 Å². The zero-order valence-corrected chi connectivity index (χ0v) is 11.6. The van der Waals surface area contributed by atoms with Gasteiger partial charge < -0.3 is 5.32 Å². The van der Waals surface area contributed by atoms with Crippen molar-refractivity contribution in [3.63, 3.8) is 0 Å². The van der Waals surface area contributed by atoms with Crippen molar-refractivity contribution < 1.29 is 4.79 Å². The number of aromatic nitrogens is 3. The number of nitrogens with one attached hydrogen (secondary N) is 2. The number of carbonyl (C=O) groups excluding carboxylic acids is 1. The molecule has 0 bridgehead atoms. The first-order valence-corrected chi connectivity index (χ1v) is 7.01. The minimum absolute atomic E-state index is 0.0622. The van der Waals surface area contributed by atoms with Crippen LogP contribution in [0.5, 0.6) is 0 Å². The number of hydrogen-bond acceptors (Lipinski definition) is 5. The third kappa shape index (κ3) is 3.47. The molecule has 0 unspecified atom stereocenters. The fourth-order valence-electron chi connectivity index (χ4n) is 2.26. The van der Waals surface area contributed by atoms with Crippen molar-refractivity contribution in [3.8, 4) is 0 Å². The number of nitrogens with zero attached hydrogens (tertiary/aromatic N) is 3. The Hall–Kier alpha value is -1.56. The second-order valence-corrected chi connectivity index (χ2v) is 4.73. The van der Waals surface area contributed by atoms with Crippen LogP contribution < -0.4 is 10.6 Å². The van der Waals surface area contributed by atoms with Gasteiger partial charge in [-0.2, -0.15) is 0 Å². The van der Waals surface area contributed by atoms with Gasteiger partial charge in [-0.05, 0) is 32.2 Å². The number of carbonyl (C=O) groups is 1. The standard InChI is InChI=1S/C13H21N5O/c1-3-9-10(4-2)17-18-13(15-9)16-12(19)11-7-5-6-8-14-11/h11,14H,3-8H2,1-2H3,(H,15,16,18,19)/t11-/m0/s1. The molecule has 6 heteroatoms. The monoisotopic (exact) mass is 263 g/mol. The highest BCUT2D eigenvalue weighted by molar-refractivity contribution is 5.93. The number of piperidine rings is 1. The van der Waals surface area contributed by atoms with Crippen molar-refractivity contribution in [2.75, 3.05) is 11.9 Å². The normalized spacial score (nSPS) is 19.2. The molecular weight excluding hydrogens is 242 g/mol. The van der Waals surface area contributed by atoms with Crippen LogP contribution in [0.1, 0.15) is 44.5 Å². The lowest BCUT2D eigenvalue weighted by Crippen LogP contribution is -2.43. The van der Waals surface area contributed by atoms with E-state index in [1.165, 1.54) is 0 Å². The maximum Gasteiger partial charge on any atom is 0.249 e. The Kier molecular flexibility index (Phi) is 4.79. The minimum atomic E-state index is -0.131. The summed E-state index contributed by atoms with van der Waals surface area (Å²) in [5.74, 6) is 0.249. The zero-order chi connectivity index (χ0) is 13.7. The van der Waals surface area contributed by atoms with Crippen molar-refractivity contribution in [3.05, 3.63) is 11.4 Å². The van der Waals surface area contributed by atoms with E-state index in [-0.39, 0.29) is 11.9 Å². The third-order valence-corrected chi connectivity index (χ3v) is 3.37. The molecule has 1 aromatic rings. The maximum absolute atomic E-state index is 12.0. The number of amides is 1. The first-order chi connectivity index (χ1) is 9.24. The molecule has 1 aliphatic rings. The van der Waals surface area contributed by atoms with E-state index < -0.39 is 0 Å². The lowest BCUT2D eigenvalue weighted by atomic mass is 10.0. The number of anilines is 1. The molecule has 2 rings (SSSR count). The first-order valence-electron chi connectivity index (χ1n) is 7.01. The average molecular weight is 263 g/mol. The predicted octanol–water partition coefficient (Wildman–Crippen LogP) is 1.08. The van der Waals surface area contributed by atoms with Crippen LogP contribution >= 0.6 is 0 Å². The molecule has 2 heterocycles. The third-order valence-electron chi connectivity index (χ3n) is 3.37. The minimum Gasteiger partial charge on any atom is -0.306 e. The maximum atomic E-state index is 12.0. The molecular formula is C13H21N5O. The van der Waals surface area contributed by atoms with Gasteiger partial charge in [-0.1, -0.05) is 20.3 Å².